The first-order valence-electron chi connectivity index (χ1n) is 5.70. The fourth-order valence-corrected chi connectivity index (χ4v) is 1.03. The van der Waals surface area contributed by atoms with Crippen molar-refractivity contribution >= 4 is 7.37 Å². The van der Waals surface area contributed by atoms with Crippen molar-refractivity contribution in [2.24, 2.45) is 7.05 Å². The molecule has 1 heterocycles. The SMILES string of the molecule is CCCCc1[nH]cc[n+]1C.CCP(C)(=O)[O-]. The van der Waals surface area contributed by atoms with Gasteiger partial charge in [-0.3, -0.25) is 0 Å². The number of unbranched alkanes of at least 4 members (excludes halogenated alkanes) is 1. The maximum absolute atomic E-state index is 10.0. The Morgan fingerprint density at radius 1 is 1.50 bits per heavy atom. The van der Waals surface area contributed by atoms with Crippen LogP contribution in [0.2, 0.25) is 0 Å². The largest absolute Gasteiger partial charge is 0.799 e. The second-order valence-electron chi connectivity index (χ2n) is 3.95. The summed E-state index contributed by atoms with van der Waals surface area (Å²) in [7, 11) is -0.826. The van der Waals surface area contributed by atoms with E-state index in [-0.39, 0.29) is 6.16 Å². The number of rotatable bonds is 4. The third-order valence-electron chi connectivity index (χ3n) is 2.32. The van der Waals surface area contributed by atoms with E-state index in [2.05, 4.69) is 23.5 Å². The number of nitrogens with one attached hydrogen (secondary N) is 1. The Morgan fingerprint density at radius 3 is 2.38 bits per heavy atom. The van der Waals surface area contributed by atoms with Crippen LogP contribution < -0.4 is 9.46 Å². The maximum atomic E-state index is 10.0. The summed E-state index contributed by atoms with van der Waals surface area (Å²) in [5, 5.41) is 0. The standard InChI is InChI=1S/C8H14N2.C3H9O2P/c1-3-4-5-8-9-6-7-10(8)2;1-3-6(2,4)5/h6-7H,3-5H2,1-2H3;3H2,1-2H3,(H,4,5). The molecule has 4 nitrogen and oxygen atoms in total. The predicted octanol–water partition coefficient (Wildman–Crippen LogP) is 1.46. The van der Waals surface area contributed by atoms with E-state index in [9.17, 15) is 9.46 Å². The van der Waals surface area contributed by atoms with Crippen LogP contribution in [-0.2, 0) is 18.0 Å². The number of nitrogens with zero attached hydrogens (tertiary/aromatic N) is 1. The van der Waals surface area contributed by atoms with Crippen LogP contribution in [0.25, 0.3) is 0 Å². The first-order chi connectivity index (χ1) is 7.40. The van der Waals surface area contributed by atoms with Crippen LogP contribution in [0.15, 0.2) is 12.4 Å². The molecule has 1 rings (SSSR count). The molecule has 16 heavy (non-hydrogen) atoms. The van der Waals surface area contributed by atoms with Gasteiger partial charge in [0.1, 0.15) is 12.4 Å². The second-order valence-corrected chi connectivity index (χ2v) is 6.61. The van der Waals surface area contributed by atoms with Crippen molar-refractivity contribution in [3.05, 3.63) is 18.2 Å². The second kappa shape index (κ2) is 7.64. The van der Waals surface area contributed by atoms with E-state index < -0.39 is 7.37 Å². The molecule has 1 aromatic rings. The van der Waals surface area contributed by atoms with Crippen molar-refractivity contribution in [2.75, 3.05) is 12.8 Å². The van der Waals surface area contributed by atoms with Gasteiger partial charge in [0.25, 0.3) is 5.82 Å². The Hall–Kier alpha value is -0.600. The quantitative estimate of drug-likeness (QED) is 0.645. The van der Waals surface area contributed by atoms with Crippen molar-refractivity contribution in [3.63, 3.8) is 0 Å². The van der Waals surface area contributed by atoms with Gasteiger partial charge in [0.15, 0.2) is 0 Å². The Balaban J connectivity index is 0.000000325. The minimum Gasteiger partial charge on any atom is -0.799 e. The van der Waals surface area contributed by atoms with E-state index in [1.807, 2.05) is 12.4 Å². The number of aromatic amines is 1. The van der Waals surface area contributed by atoms with Crippen molar-refractivity contribution in [1.82, 2.24) is 4.98 Å². The third kappa shape index (κ3) is 7.66. The molecule has 1 unspecified atom stereocenters. The van der Waals surface area contributed by atoms with Gasteiger partial charge >= 0.3 is 0 Å². The van der Waals surface area contributed by atoms with Crippen molar-refractivity contribution < 1.29 is 14.0 Å². The first kappa shape index (κ1) is 15.4. The van der Waals surface area contributed by atoms with Crippen molar-refractivity contribution in [3.8, 4) is 0 Å². The van der Waals surface area contributed by atoms with Crippen LogP contribution >= 0.6 is 7.37 Å². The molecule has 0 fully saturated rings. The van der Waals surface area contributed by atoms with E-state index >= 15 is 0 Å². The highest BCUT2D eigenvalue weighted by Gasteiger charge is 2.03. The van der Waals surface area contributed by atoms with E-state index in [4.69, 9.17) is 0 Å². The van der Waals surface area contributed by atoms with Gasteiger partial charge in [-0.05, 0) is 19.2 Å². The molecule has 1 N–H and O–H groups in total. The summed E-state index contributed by atoms with van der Waals surface area (Å²) >= 11 is 0. The highest BCUT2D eigenvalue weighted by molar-refractivity contribution is 7.55. The van der Waals surface area contributed by atoms with Crippen LogP contribution in [-0.4, -0.2) is 17.8 Å². The summed E-state index contributed by atoms with van der Waals surface area (Å²) < 4.78 is 12.2. The van der Waals surface area contributed by atoms with Crippen LogP contribution in [0.4, 0.5) is 0 Å². The average Bonchev–Trinajstić information content (AvgIpc) is 2.61. The first-order valence-corrected chi connectivity index (χ1v) is 7.95. The van der Waals surface area contributed by atoms with E-state index in [1.165, 1.54) is 31.8 Å². The monoisotopic (exact) mass is 246 g/mol. The lowest BCUT2D eigenvalue weighted by Crippen LogP contribution is -2.30. The van der Waals surface area contributed by atoms with Gasteiger partial charge in [-0.25, -0.2) is 9.55 Å². The molecular weight excluding hydrogens is 223 g/mol. The average molecular weight is 246 g/mol. The molecule has 0 aromatic carbocycles. The molecule has 0 aliphatic heterocycles. The molecular formula is C11H23N2O2P. The van der Waals surface area contributed by atoms with E-state index in [0.717, 1.165) is 0 Å². The normalized spacial score (nSPS) is 13.8. The molecule has 0 spiro atoms. The van der Waals surface area contributed by atoms with Gasteiger partial charge in [-0.1, -0.05) is 20.3 Å². The highest BCUT2D eigenvalue weighted by Crippen LogP contribution is 2.27. The zero-order valence-corrected chi connectivity index (χ0v) is 11.6. The molecule has 0 bridgehead atoms. The van der Waals surface area contributed by atoms with Crippen LogP contribution in [0.1, 0.15) is 32.5 Å². The fraction of sp³-hybridized carbons (Fsp3) is 0.727. The fourth-order valence-electron chi connectivity index (χ4n) is 1.03. The smallest absolute Gasteiger partial charge is 0.253 e. The summed E-state index contributed by atoms with van der Waals surface area (Å²) in [6.07, 6.45) is 8.00. The van der Waals surface area contributed by atoms with Crippen LogP contribution in [0.5, 0.6) is 0 Å². The number of imidazole rings is 1. The van der Waals surface area contributed by atoms with Gasteiger partial charge in [-0.2, -0.15) is 0 Å². The third-order valence-corrected chi connectivity index (χ3v) is 3.46. The topological polar surface area (TPSA) is 59.8 Å². The highest BCUT2D eigenvalue weighted by atomic mass is 31.2. The zero-order chi connectivity index (χ0) is 12.6. The lowest BCUT2D eigenvalue weighted by atomic mass is 10.2. The van der Waals surface area contributed by atoms with Crippen molar-refractivity contribution in [2.45, 2.75) is 33.1 Å². The molecule has 94 valence electrons. The summed E-state index contributed by atoms with van der Waals surface area (Å²) in [6.45, 7) is 5.09. The predicted molar refractivity (Wildman–Crippen MR) is 64.7 cm³/mol. The summed E-state index contributed by atoms with van der Waals surface area (Å²) in [5.74, 6) is 1.32. The Morgan fingerprint density at radius 2 is 2.06 bits per heavy atom. The van der Waals surface area contributed by atoms with Gasteiger partial charge in [-0.15, -0.1) is 0 Å². The molecule has 5 heteroatoms. The molecule has 0 aliphatic carbocycles. The molecule has 0 aliphatic rings. The zero-order valence-electron chi connectivity index (χ0n) is 10.7. The molecule has 0 saturated heterocycles. The Bertz CT molecular complexity index is 330. The van der Waals surface area contributed by atoms with Gasteiger partial charge < -0.3 is 9.46 Å². The number of hydrogen-bond donors (Lipinski definition) is 1. The Kier molecular flexibility index (Phi) is 7.35. The molecule has 0 amide bonds. The number of hydrogen-bond acceptors (Lipinski definition) is 2. The van der Waals surface area contributed by atoms with Crippen molar-refractivity contribution in [1.29, 1.82) is 0 Å². The summed E-state index contributed by atoms with van der Waals surface area (Å²) in [6, 6.07) is 0. The molecule has 0 saturated carbocycles. The summed E-state index contributed by atoms with van der Waals surface area (Å²) in [4.78, 5) is 13.2. The minimum absolute atomic E-state index is 0.271. The minimum atomic E-state index is -2.90. The number of aromatic nitrogens is 2. The molecule has 1 atom stereocenters. The Labute approximate surface area is 98.2 Å². The number of H-pyrrole nitrogens is 1. The van der Waals surface area contributed by atoms with E-state index in [1.54, 1.807) is 6.92 Å². The number of aryl methyl sites for hydroxylation is 2. The van der Waals surface area contributed by atoms with Gasteiger partial charge in [0.2, 0.25) is 0 Å². The van der Waals surface area contributed by atoms with Gasteiger partial charge in [0.05, 0.1) is 7.05 Å². The molecule has 1 aromatic heterocycles. The van der Waals surface area contributed by atoms with E-state index in [0.29, 0.717) is 0 Å². The molecule has 0 radical (unpaired) electrons. The van der Waals surface area contributed by atoms with Crippen LogP contribution in [0, 0.1) is 0 Å². The lowest BCUT2D eigenvalue weighted by Gasteiger charge is -2.12. The maximum Gasteiger partial charge on any atom is 0.253 e. The van der Waals surface area contributed by atoms with Crippen LogP contribution in [0.3, 0.4) is 0 Å². The summed E-state index contributed by atoms with van der Waals surface area (Å²) in [5.41, 5.74) is 0. The van der Waals surface area contributed by atoms with Gasteiger partial charge in [0, 0.05) is 13.8 Å². The lowest BCUT2D eigenvalue weighted by molar-refractivity contribution is -0.677.